The van der Waals surface area contributed by atoms with E-state index in [0.29, 0.717) is 0 Å². The van der Waals surface area contributed by atoms with Crippen LogP contribution in [0.25, 0.3) is 0 Å². The highest BCUT2D eigenvalue weighted by Gasteiger charge is 2.03. The van der Waals surface area contributed by atoms with Gasteiger partial charge in [0, 0.05) is 0 Å². The Bertz CT molecular complexity index is 86.1. The summed E-state index contributed by atoms with van der Waals surface area (Å²) in [6, 6.07) is 0. The maximum absolute atomic E-state index is 9.88. The number of nitrogens with one attached hydrogen (secondary N) is 1. The topological polar surface area (TPSA) is 49.3 Å². The van der Waals surface area contributed by atoms with Gasteiger partial charge in [-0.15, -0.1) is 0 Å². The van der Waals surface area contributed by atoms with Gasteiger partial charge in [0.2, 0.25) is 0 Å². The Balaban J connectivity index is 3.24. The molecule has 8 heavy (non-hydrogen) atoms. The summed E-state index contributed by atoms with van der Waals surface area (Å²) >= 11 is 3.88. The Morgan fingerprint density at radius 1 is 2.00 bits per heavy atom. The quantitative estimate of drug-likeness (QED) is 0.375. The zero-order chi connectivity index (χ0) is 6.57. The average Bonchev–Trinajstić information content (AvgIpc) is 1.65. The molecule has 1 unspecified atom stereocenters. The molecular weight excluding hydrogens is 126 g/mol. The lowest BCUT2D eigenvalue weighted by atomic mass is 10.4. The molecule has 0 aromatic carbocycles. The third-order valence-corrected chi connectivity index (χ3v) is 1.14. The molecule has 0 heterocycles. The minimum absolute atomic E-state index is 0.0552. The zero-order valence-electron chi connectivity index (χ0n) is 4.59. The first kappa shape index (κ1) is 7.78. The second kappa shape index (κ2) is 3.74. The Morgan fingerprint density at radius 2 is 2.50 bits per heavy atom. The fourth-order valence-electron chi connectivity index (χ4n) is 0.267. The molecule has 4 heteroatoms. The monoisotopic (exact) mass is 135 g/mol. The molecule has 0 fully saturated rings. The molecule has 1 atom stereocenters. The van der Waals surface area contributed by atoms with Crippen molar-refractivity contribution in [2.24, 2.45) is 0 Å². The van der Waals surface area contributed by atoms with Crippen LogP contribution >= 0.6 is 12.6 Å². The third-order valence-electron chi connectivity index (χ3n) is 0.701. The molecule has 0 saturated carbocycles. The summed E-state index contributed by atoms with van der Waals surface area (Å²) in [5.74, 6) is -0.834. The molecule has 0 spiro atoms. The lowest BCUT2D eigenvalue weighted by molar-refractivity contribution is -0.137. The van der Waals surface area contributed by atoms with Gasteiger partial charge in [-0.05, 0) is 7.05 Å². The van der Waals surface area contributed by atoms with E-state index >= 15 is 0 Å². The van der Waals surface area contributed by atoms with E-state index in [2.05, 4.69) is 17.9 Å². The van der Waals surface area contributed by atoms with Gasteiger partial charge in [-0.2, -0.15) is 12.6 Å². The van der Waals surface area contributed by atoms with Crippen LogP contribution in [0.5, 0.6) is 0 Å². The van der Waals surface area contributed by atoms with Gasteiger partial charge in [0.25, 0.3) is 0 Å². The van der Waals surface area contributed by atoms with Crippen LogP contribution in [0.1, 0.15) is 6.42 Å². The van der Waals surface area contributed by atoms with E-state index in [9.17, 15) is 4.79 Å². The number of aliphatic carboxylic acids is 1. The maximum atomic E-state index is 9.88. The van der Waals surface area contributed by atoms with Crippen molar-refractivity contribution in [3.63, 3.8) is 0 Å². The second-order valence-electron chi connectivity index (χ2n) is 1.40. The molecule has 0 aliphatic carbocycles. The van der Waals surface area contributed by atoms with Crippen molar-refractivity contribution in [2.75, 3.05) is 7.05 Å². The smallest absolute Gasteiger partial charge is 0.305 e. The van der Waals surface area contributed by atoms with Crippen molar-refractivity contribution in [2.45, 2.75) is 11.8 Å². The average molecular weight is 135 g/mol. The van der Waals surface area contributed by atoms with Gasteiger partial charge in [0.05, 0.1) is 11.8 Å². The van der Waals surface area contributed by atoms with E-state index in [1.165, 1.54) is 0 Å². The van der Waals surface area contributed by atoms with Gasteiger partial charge in [0.1, 0.15) is 0 Å². The van der Waals surface area contributed by atoms with Gasteiger partial charge in [-0.3, -0.25) is 4.79 Å². The third kappa shape index (κ3) is 3.95. The molecule has 0 aromatic heterocycles. The summed E-state index contributed by atoms with van der Waals surface area (Å²) in [7, 11) is 1.67. The lowest BCUT2D eigenvalue weighted by Gasteiger charge is -2.02. The lowest BCUT2D eigenvalue weighted by Crippen LogP contribution is -2.21. The Morgan fingerprint density at radius 3 is 2.62 bits per heavy atom. The fourth-order valence-corrected chi connectivity index (χ4v) is 0.424. The van der Waals surface area contributed by atoms with Crippen LogP contribution in [0.15, 0.2) is 0 Å². The first-order valence-electron chi connectivity index (χ1n) is 2.24. The maximum Gasteiger partial charge on any atom is 0.305 e. The predicted molar refractivity (Wildman–Crippen MR) is 34.1 cm³/mol. The van der Waals surface area contributed by atoms with Gasteiger partial charge in [-0.1, -0.05) is 0 Å². The summed E-state index contributed by atoms with van der Waals surface area (Å²) in [6.45, 7) is 0. The van der Waals surface area contributed by atoms with Crippen molar-refractivity contribution in [1.82, 2.24) is 5.32 Å². The van der Waals surface area contributed by atoms with Crippen LogP contribution < -0.4 is 5.32 Å². The largest absolute Gasteiger partial charge is 0.481 e. The Hall–Kier alpha value is -0.220. The Labute approximate surface area is 53.5 Å². The highest BCUT2D eigenvalue weighted by atomic mass is 32.1. The number of carbonyl (C=O) groups is 1. The van der Waals surface area contributed by atoms with Crippen molar-refractivity contribution < 1.29 is 9.90 Å². The molecule has 0 aliphatic heterocycles. The number of carboxylic acids is 1. The normalized spacial score (nSPS) is 13.2. The van der Waals surface area contributed by atoms with E-state index in [4.69, 9.17) is 5.11 Å². The molecule has 0 bridgehead atoms. The van der Waals surface area contributed by atoms with Crippen molar-refractivity contribution in [1.29, 1.82) is 0 Å². The summed E-state index contributed by atoms with van der Waals surface area (Å²) in [4.78, 5) is 9.88. The molecule has 0 aliphatic rings. The first-order valence-corrected chi connectivity index (χ1v) is 2.75. The van der Waals surface area contributed by atoms with E-state index in [-0.39, 0.29) is 11.8 Å². The minimum Gasteiger partial charge on any atom is -0.481 e. The van der Waals surface area contributed by atoms with E-state index in [1.807, 2.05) is 0 Å². The van der Waals surface area contributed by atoms with E-state index < -0.39 is 5.97 Å². The summed E-state index contributed by atoms with van der Waals surface area (Å²) < 4.78 is 0. The van der Waals surface area contributed by atoms with Gasteiger partial charge in [0.15, 0.2) is 0 Å². The molecule has 2 N–H and O–H groups in total. The van der Waals surface area contributed by atoms with Crippen molar-refractivity contribution >= 4 is 18.6 Å². The molecule has 0 aromatic rings. The number of carboxylic acid groups (broad SMARTS) is 1. The summed E-state index contributed by atoms with van der Waals surface area (Å²) in [5, 5.41) is 10.6. The Kier molecular flexibility index (Phi) is 3.64. The van der Waals surface area contributed by atoms with Crippen LogP contribution in [0.4, 0.5) is 0 Å². The molecule has 0 amide bonds. The fraction of sp³-hybridized carbons (Fsp3) is 0.750. The minimum atomic E-state index is -0.834. The highest BCUT2D eigenvalue weighted by molar-refractivity contribution is 7.80. The van der Waals surface area contributed by atoms with Crippen LogP contribution in [0, 0.1) is 0 Å². The van der Waals surface area contributed by atoms with Crippen molar-refractivity contribution in [3.8, 4) is 0 Å². The van der Waals surface area contributed by atoms with Crippen molar-refractivity contribution in [3.05, 3.63) is 0 Å². The summed E-state index contributed by atoms with van der Waals surface area (Å²) in [5.41, 5.74) is 0. The SMILES string of the molecule is CNC(S)CC(=O)O. The molecule has 48 valence electrons. The van der Waals surface area contributed by atoms with Crippen LogP contribution in [-0.2, 0) is 4.79 Å². The molecule has 0 radical (unpaired) electrons. The van der Waals surface area contributed by atoms with Crippen LogP contribution in [0.2, 0.25) is 0 Å². The highest BCUT2D eigenvalue weighted by Crippen LogP contribution is 1.93. The van der Waals surface area contributed by atoms with Crippen LogP contribution in [-0.4, -0.2) is 23.5 Å². The molecule has 0 rings (SSSR count). The number of hydrogen-bond donors (Lipinski definition) is 3. The number of thiol groups is 1. The predicted octanol–water partition coefficient (Wildman–Crippen LogP) is -0.0636. The number of rotatable bonds is 3. The van der Waals surface area contributed by atoms with Gasteiger partial charge >= 0.3 is 5.97 Å². The molecule has 0 saturated heterocycles. The summed E-state index contributed by atoms with van der Waals surface area (Å²) in [6.07, 6.45) is 0.0552. The van der Waals surface area contributed by atoms with Gasteiger partial charge < -0.3 is 10.4 Å². The van der Waals surface area contributed by atoms with E-state index in [1.54, 1.807) is 7.05 Å². The zero-order valence-corrected chi connectivity index (χ0v) is 5.48. The first-order chi connectivity index (χ1) is 3.66. The standard InChI is InChI=1S/C4H9NO2S/c1-5-3(8)2-4(6)7/h3,5,8H,2H2,1H3,(H,6,7). The molecule has 3 nitrogen and oxygen atoms in total. The second-order valence-corrected chi connectivity index (χ2v) is 2.03. The number of hydrogen-bond acceptors (Lipinski definition) is 3. The van der Waals surface area contributed by atoms with Gasteiger partial charge in [-0.25, -0.2) is 0 Å². The molecular formula is C4H9NO2S. The van der Waals surface area contributed by atoms with Crippen LogP contribution in [0.3, 0.4) is 0 Å². The van der Waals surface area contributed by atoms with E-state index in [0.717, 1.165) is 0 Å².